The molecule has 0 unspecified atom stereocenters. The molecule has 3 heteroatoms. The fraction of sp³-hybridized carbons (Fsp3) is 0.600. The van der Waals surface area contributed by atoms with E-state index in [1.54, 1.807) is 13.5 Å². The van der Waals surface area contributed by atoms with Gasteiger partial charge in [0.25, 0.3) is 0 Å². The van der Waals surface area contributed by atoms with Crippen LogP contribution in [0.1, 0.15) is 6.92 Å². The van der Waals surface area contributed by atoms with Gasteiger partial charge in [-0.3, -0.25) is 0 Å². The number of amides is 1. The molecule has 1 atom stereocenters. The molecular formula is C5H9NOU. The minimum atomic E-state index is 0. The van der Waals surface area contributed by atoms with Crippen molar-refractivity contribution in [2.45, 2.75) is 13.0 Å². The maximum absolute atomic E-state index is 9.71. The van der Waals surface area contributed by atoms with E-state index < -0.39 is 0 Å². The monoisotopic (exact) mass is 337 g/mol. The zero-order chi connectivity index (χ0) is 5.86. The molecule has 0 saturated carbocycles. The Balaban J connectivity index is 0. The first-order chi connectivity index (χ1) is 3.18. The molecule has 0 radical (unpaired) electrons. The summed E-state index contributed by atoms with van der Waals surface area (Å²) in [4.78, 5) is 11.1. The van der Waals surface area contributed by atoms with E-state index in [1.807, 2.05) is 6.92 Å². The summed E-state index contributed by atoms with van der Waals surface area (Å²) in [7, 11) is 1.64. The molecule has 0 saturated heterocycles. The number of hydrogen-bond donors (Lipinski definition) is 0. The molecule has 1 amide bonds. The zero-order valence-corrected chi connectivity index (χ0v) is 9.30. The van der Waals surface area contributed by atoms with Crippen LogP contribution in [-0.4, -0.2) is 24.4 Å². The molecule has 0 bridgehead atoms. The zero-order valence-electron chi connectivity index (χ0n) is 5.14. The summed E-state index contributed by atoms with van der Waals surface area (Å²) in [5, 5.41) is 0. The Hall–Kier alpha value is 0.522. The summed E-state index contributed by atoms with van der Waals surface area (Å²) < 4.78 is 0. The second kappa shape index (κ2) is 5.65. The maximum Gasteiger partial charge on any atom is 2.00 e. The standard InChI is InChI=1S/C5H9NO.U/c1-5(2)6(3)4-7;/h5H,1H2,2-3H3;/q-2;+2/t5-;/m1./s1. The average Bonchev–Trinajstić information content (AvgIpc) is 1.65. The van der Waals surface area contributed by atoms with Crippen LogP contribution in [-0.2, 0) is 4.79 Å². The van der Waals surface area contributed by atoms with Gasteiger partial charge in [0, 0.05) is 0 Å². The van der Waals surface area contributed by atoms with Gasteiger partial charge in [-0.2, -0.15) is 6.41 Å². The molecule has 2 nitrogen and oxygen atoms in total. The Labute approximate surface area is 74.0 Å². The van der Waals surface area contributed by atoms with Crippen molar-refractivity contribution >= 4 is 6.41 Å². The van der Waals surface area contributed by atoms with Crippen molar-refractivity contribution in [3.8, 4) is 0 Å². The minimum absolute atomic E-state index is 0. The maximum atomic E-state index is 9.71. The van der Waals surface area contributed by atoms with E-state index >= 15 is 0 Å². The predicted molar refractivity (Wildman–Crippen MR) is 28.3 cm³/mol. The van der Waals surface area contributed by atoms with Gasteiger partial charge in [0.1, 0.15) is 0 Å². The molecular weight excluding hydrogens is 328 g/mol. The first-order valence-corrected chi connectivity index (χ1v) is 2.12. The Morgan fingerprint density at radius 3 is 2.12 bits per heavy atom. The van der Waals surface area contributed by atoms with Crippen LogP contribution in [0.2, 0.25) is 0 Å². The van der Waals surface area contributed by atoms with Crippen LogP contribution in [0.4, 0.5) is 0 Å². The van der Waals surface area contributed by atoms with Crippen molar-refractivity contribution in [3.63, 3.8) is 0 Å². The molecule has 0 aromatic heterocycles. The molecule has 0 aliphatic heterocycles. The van der Waals surface area contributed by atoms with Gasteiger partial charge in [-0.25, -0.2) is 0 Å². The van der Waals surface area contributed by atoms with Crippen molar-refractivity contribution in [1.29, 1.82) is 0 Å². The number of nitrogens with zero attached hydrogens (tertiary/aromatic N) is 1. The topological polar surface area (TPSA) is 20.3 Å². The van der Waals surface area contributed by atoms with Crippen LogP contribution < -0.4 is 0 Å². The third-order valence-corrected chi connectivity index (χ3v) is 0.805. The molecule has 0 aromatic rings. The van der Waals surface area contributed by atoms with Gasteiger partial charge in [-0.15, -0.1) is 6.04 Å². The van der Waals surface area contributed by atoms with Gasteiger partial charge in [-0.05, 0) is 7.05 Å². The van der Waals surface area contributed by atoms with Crippen LogP contribution in [0.25, 0.3) is 0 Å². The third-order valence-electron chi connectivity index (χ3n) is 0.805. The second-order valence-electron chi connectivity index (χ2n) is 1.55. The normalized spacial score (nSPS) is 11.4. The SMILES string of the molecule is [CH2-][C@H](C)N(C)[C-]=O.[U+2]. The van der Waals surface area contributed by atoms with Crippen molar-refractivity contribution in [2.24, 2.45) is 0 Å². The molecule has 0 spiro atoms. The molecule has 0 heterocycles. The van der Waals surface area contributed by atoms with Crippen molar-refractivity contribution in [1.82, 2.24) is 4.90 Å². The predicted octanol–water partition coefficient (Wildman–Crippen LogP) is 0.208. The smallest absolute Gasteiger partial charge is 0.542 e. The molecule has 0 aromatic carbocycles. The van der Waals surface area contributed by atoms with Gasteiger partial charge >= 0.3 is 31.1 Å². The number of carbonyl (C=O) groups excluding carboxylic acids is 1. The number of hydrogen-bond acceptors (Lipinski definition) is 1. The molecule has 0 N–H and O–H groups in total. The van der Waals surface area contributed by atoms with Gasteiger partial charge in [0.15, 0.2) is 0 Å². The molecule has 44 valence electrons. The molecule has 0 aliphatic rings. The van der Waals surface area contributed by atoms with Crippen molar-refractivity contribution in [2.75, 3.05) is 7.05 Å². The molecule has 0 fully saturated rings. The van der Waals surface area contributed by atoms with E-state index in [2.05, 4.69) is 6.92 Å². The summed E-state index contributed by atoms with van der Waals surface area (Å²) in [5.41, 5.74) is 0. The second-order valence-corrected chi connectivity index (χ2v) is 1.55. The average molecular weight is 337 g/mol. The van der Waals surface area contributed by atoms with E-state index in [0.29, 0.717) is 0 Å². The van der Waals surface area contributed by atoms with Crippen LogP contribution in [0.5, 0.6) is 0 Å². The fourth-order valence-corrected chi connectivity index (χ4v) is 0.0900. The Morgan fingerprint density at radius 1 is 1.75 bits per heavy atom. The van der Waals surface area contributed by atoms with Crippen LogP contribution >= 0.6 is 0 Å². The Morgan fingerprint density at radius 2 is 2.12 bits per heavy atom. The summed E-state index contributed by atoms with van der Waals surface area (Å²) in [6.45, 7) is 5.40. The van der Waals surface area contributed by atoms with E-state index in [0.717, 1.165) is 0 Å². The molecule has 0 aliphatic carbocycles. The van der Waals surface area contributed by atoms with Gasteiger partial charge < -0.3 is 16.6 Å². The first kappa shape index (κ1) is 11.3. The summed E-state index contributed by atoms with van der Waals surface area (Å²) in [6.07, 6.45) is 1.69. The third kappa shape index (κ3) is 4.68. The Kier molecular flexibility index (Phi) is 8.01. The van der Waals surface area contributed by atoms with Crippen molar-refractivity contribution in [3.05, 3.63) is 6.92 Å². The largest absolute Gasteiger partial charge is 2.00 e. The van der Waals surface area contributed by atoms with Gasteiger partial charge in [0.05, 0.1) is 0 Å². The van der Waals surface area contributed by atoms with Gasteiger partial charge in [0.2, 0.25) is 0 Å². The van der Waals surface area contributed by atoms with Crippen LogP contribution in [0, 0.1) is 38.0 Å². The van der Waals surface area contributed by atoms with E-state index in [4.69, 9.17) is 0 Å². The fourth-order valence-electron chi connectivity index (χ4n) is 0.0900. The van der Waals surface area contributed by atoms with E-state index in [9.17, 15) is 4.79 Å². The summed E-state index contributed by atoms with van der Waals surface area (Å²) in [5.74, 6) is 0. The van der Waals surface area contributed by atoms with E-state index in [-0.39, 0.29) is 37.2 Å². The summed E-state index contributed by atoms with van der Waals surface area (Å²) in [6, 6.07) is 0.0255. The van der Waals surface area contributed by atoms with Gasteiger partial charge in [-0.1, -0.05) is 6.92 Å². The van der Waals surface area contributed by atoms with Crippen LogP contribution in [0.15, 0.2) is 0 Å². The van der Waals surface area contributed by atoms with Crippen molar-refractivity contribution < 1.29 is 35.9 Å². The summed E-state index contributed by atoms with van der Waals surface area (Å²) >= 11 is 0. The minimum Gasteiger partial charge on any atom is -0.542 e. The molecule has 8 heavy (non-hydrogen) atoms. The first-order valence-electron chi connectivity index (χ1n) is 2.12. The molecule has 0 rings (SSSR count). The van der Waals surface area contributed by atoms with Crippen LogP contribution in [0.3, 0.4) is 0 Å². The number of rotatable bonds is 2. The Bertz CT molecular complexity index is 65.4. The quantitative estimate of drug-likeness (QED) is 0.521. The van der Waals surface area contributed by atoms with E-state index in [1.165, 1.54) is 4.90 Å².